The normalized spacial score (nSPS) is 16.0. The van der Waals surface area contributed by atoms with Gasteiger partial charge >= 0.3 is 0 Å². The summed E-state index contributed by atoms with van der Waals surface area (Å²) in [7, 11) is -3.94. The van der Waals surface area contributed by atoms with Gasteiger partial charge in [-0.15, -0.1) is 11.3 Å². The Balaban J connectivity index is 1.54. The highest BCUT2D eigenvalue weighted by atomic mass is 32.2. The number of anilines is 3. The molecule has 4 aromatic rings. The highest BCUT2D eigenvalue weighted by Crippen LogP contribution is 2.40. The molecule has 0 saturated carbocycles. The fraction of sp³-hybridized carbons (Fsp3) is 0.208. The number of carbonyl (C=O) groups is 1. The standard InChI is InChI=1S/C24H23N5O3S2/c1-16(30)25-17-10-12-18(13-11-17)34(31,32)28-23-24(27-20-7-3-2-6-19(20)26-23)29-14-4-8-21(29)22-9-5-15-33-22/h2-3,5-7,9-13,15,21H,4,8,14H2,1H3,(H,25,30)(H,26,28)/t21-/m0/s1. The van der Waals surface area contributed by atoms with Crippen LogP contribution in [0.2, 0.25) is 0 Å². The SMILES string of the molecule is CC(=O)Nc1ccc(S(=O)(=O)Nc2nc3ccccc3nc2N2CCC[C@H]2c2cccs2)cc1. The van der Waals surface area contributed by atoms with Gasteiger partial charge in [0.05, 0.1) is 22.0 Å². The predicted octanol–water partition coefficient (Wildman–Crippen LogP) is 4.79. The molecule has 2 aromatic carbocycles. The lowest BCUT2D eigenvalue weighted by Crippen LogP contribution is -2.26. The largest absolute Gasteiger partial charge is 0.346 e. The number of benzene rings is 2. The smallest absolute Gasteiger partial charge is 0.263 e. The van der Waals surface area contributed by atoms with E-state index in [0.717, 1.165) is 19.4 Å². The van der Waals surface area contributed by atoms with Crippen LogP contribution in [0.5, 0.6) is 0 Å². The van der Waals surface area contributed by atoms with Crippen LogP contribution in [0.3, 0.4) is 0 Å². The molecular formula is C24H23N5O3S2. The van der Waals surface area contributed by atoms with Gasteiger partial charge in [0.15, 0.2) is 11.6 Å². The Morgan fingerprint density at radius 1 is 1.03 bits per heavy atom. The second kappa shape index (κ2) is 9.03. The van der Waals surface area contributed by atoms with E-state index in [-0.39, 0.29) is 22.7 Å². The Bertz CT molecular complexity index is 1440. The van der Waals surface area contributed by atoms with Crippen molar-refractivity contribution in [3.63, 3.8) is 0 Å². The number of aromatic nitrogens is 2. The van der Waals surface area contributed by atoms with Crippen molar-refractivity contribution in [1.29, 1.82) is 0 Å². The van der Waals surface area contributed by atoms with E-state index in [1.165, 1.54) is 23.9 Å². The van der Waals surface area contributed by atoms with E-state index in [9.17, 15) is 13.2 Å². The summed E-state index contributed by atoms with van der Waals surface area (Å²) in [6, 6.07) is 17.7. The lowest BCUT2D eigenvalue weighted by Gasteiger charge is -2.27. The zero-order chi connectivity index (χ0) is 23.7. The van der Waals surface area contributed by atoms with Gasteiger partial charge in [-0.1, -0.05) is 18.2 Å². The maximum atomic E-state index is 13.3. The average Bonchev–Trinajstić information content (AvgIpc) is 3.50. The number of fused-ring (bicyclic) bond motifs is 1. The zero-order valence-corrected chi connectivity index (χ0v) is 20.1. The Hall–Kier alpha value is -3.50. The Morgan fingerprint density at radius 2 is 1.76 bits per heavy atom. The lowest BCUT2D eigenvalue weighted by atomic mass is 10.2. The topological polar surface area (TPSA) is 104 Å². The number of para-hydroxylation sites is 2. The number of sulfonamides is 1. The van der Waals surface area contributed by atoms with Crippen molar-refractivity contribution in [2.45, 2.75) is 30.7 Å². The zero-order valence-electron chi connectivity index (χ0n) is 18.4. The molecule has 34 heavy (non-hydrogen) atoms. The lowest BCUT2D eigenvalue weighted by molar-refractivity contribution is -0.114. The molecule has 0 bridgehead atoms. The summed E-state index contributed by atoms with van der Waals surface area (Å²) < 4.78 is 29.2. The summed E-state index contributed by atoms with van der Waals surface area (Å²) in [5.41, 5.74) is 1.84. The second-order valence-corrected chi connectivity index (χ2v) is 10.7. The summed E-state index contributed by atoms with van der Waals surface area (Å²) in [5.74, 6) is 0.497. The summed E-state index contributed by atoms with van der Waals surface area (Å²) in [5, 5.41) is 4.68. The predicted molar refractivity (Wildman–Crippen MR) is 135 cm³/mol. The van der Waals surface area contributed by atoms with Crippen molar-refractivity contribution < 1.29 is 13.2 Å². The molecule has 1 amide bonds. The number of amides is 1. The number of thiophene rings is 1. The molecule has 174 valence electrons. The third-order valence-electron chi connectivity index (χ3n) is 5.66. The number of hydrogen-bond donors (Lipinski definition) is 2. The van der Waals surface area contributed by atoms with Gasteiger partial charge in [-0.3, -0.25) is 9.52 Å². The van der Waals surface area contributed by atoms with E-state index in [1.54, 1.807) is 23.5 Å². The summed E-state index contributed by atoms with van der Waals surface area (Å²) in [6.45, 7) is 2.16. The summed E-state index contributed by atoms with van der Waals surface area (Å²) in [6.07, 6.45) is 1.94. The molecule has 0 unspecified atom stereocenters. The van der Waals surface area contributed by atoms with Crippen LogP contribution in [-0.2, 0) is 14.8 Å². The first kappa shape index (κ1) is 22.3. The Morgan fingerprint density at radius 3 is 2.44 bits per heavy atom. The number of hydrogen-bond acceptors (Lipinski definition) is 7. The van der Waals surface area contributed by atoms with Crippen molar-refractivity contribution in [2.75, 3.05) is 21.5 Å². The molecule has 8 nitrogen and oxygen atoms in total. The van der Waals surface area contributed by atoms with Crippen LogP contribution in [0.25, 0.3) is 11.0 Å². The quantitative estimate of drug-likeness (QED) is 0.400. The molecule has 10 heteroatoms. The number of carbonyl (C=O) groups excluding carboxylic acids is 1. The molecule has 1 saturated heterocycles. The molecule has 1 atom stereocenters. The van der Waals surface area contributed by atoms with Gasteiger partial charge < -0.3 is 10.2 Å². The molecule has 1 aliphatic rings. The van der Waals surface area contributed by atoms with Crippen LogP contribution >= 0.6 is 11.3 Å². The molecule has 3 heterocycles. The molecule has 2 aromatic heterocycles. The van der Waals surface area contributed by atoms with Crippen molar-refractivity contribution in [1.82, 2.24) is 9.97 Å². The molecule has 2 N–H and O–H groups in total. The van der Waals surface area contributed by atoms with E-state index >= 15 is 0 Å². The van der Waals surface area contributed by atoms with Crippen LogP contribution < -0.4 is 14.9 Å². The minimum absolute atomic E-state index is 0.0683. The minimum Gasteiger partial charge on any atom is -0.346 e. The van der Waals surface area contributed by atoms with Gasteiger partial charge in [-0.25, -0.2) is 18.4 Å². The molecule has 1 aliphatic heterocycles. The van der Waals surface area contributed by atoms with Gasteiger partial charge in [-0.2, -0.15) is 0 Å². The third kappa shape index (κ3) is 4.46. The fourth-order valence-electron chi connectivity index (χ4n) is 4.16. The first-order valence-electron chi connectivity index (χ1n) is 10.9. The van der Waals surface area contributed by atoms with Gasteiger partial charge in [0.1, 0.15) is 0 Å². The van der Waals surface area contributed by atoms with E-state index < -0.39 is 10.0 Å². The molecule has 5 rings (SSSR count). The van der Waals surface area contributed by atoms with Crippen molar-refractivity contribution >= 4 is 55.6 Å². The van der Waals surface area contributed by atoms with Crippen LogP contribution in [0.15, 0.2) is 70.9 Å². The summed E-state index contributed by atoms with van der Waals surface area (Å²) >= 11 is 1.69. The molecule has 0 radical (unpaired) electrons. The number of rotatable bonds is 6. The maximum Gasteiger partial charge on any atom is 0.263 e. The molecule has 0 aliphatic carbocycles. The first-order chi connectivity index (χ1) is 16.4. The Labute approximate surface area is 201 Å². The fourth-order valence-corrected chi connectivity index (χ4v) is 6.04. The van der Waals surface area contributed by atoms with E-state index in [0.29, 0.717) is 22.5 Å². The number of nitrogens with zero attached hydrogens (tertiary/aromatic N) is 3. The van der Waals surface area contributed by atoms with E-state index in [4.69, 9.17) is 4.98 Å². The third-order valence-corrected chi connectivity index (χ3v) is 7.99. The molecule has 0 spiro atoms. The van der Waals surface area contributed by atoms with Crippen molar-refractivity contribution in [3.8, 4) is 0 Å². The first-order valence-corrected chi connectivity index (χ1v) is 13.2. The van der Waals surface area contributed by atoms with Crippen LogP contribution in [0.1, 0.15) is 30.7 Å². The highest BCUT2D eigenvalue weighted by Gasteiger charge is 2.31. The van der Waals surface area contributed by atoms with Gasteiger partial charge in [0.2, 0.25) is 5.91 Å². The molecule has 1 fully saturated rings. The van der Waals surface area contributed by atoms with Crippen molar-refractivity contribution in [2.24, 2.45) is 0 Å². The second-order valence-electron chi connectivity index (χ2n) is 8.06. The average molecular weight is 494 g/mol. The summed E-state index contributed by atoms with van der Waals surface area (Å²) in [4.78, 5) is 24.2. The van der Waals surface area contributed by atoms with Crippen molar-refractivity contribution in [3.05, 3.63) is 70.9 Å². The van der Waals surface area contributed by atoms with Crippen LogP contribution in [-0.4, -0.2) is 30.8 Å². The van der Waals surface area contributed by atoms with Gasteiger partial charge in [0.25, 0.3) is 10.0 Å². The van der Waals surface area contributed by atoms with Gasteiger partial charge in [-0.05, 0) is 60.7 Å². The highest BCUT2D eigenvalue weighted by molar-refractivity contribution is 7.92. The van der Waals surface area contributed by atoms with Crippen LogP contribution in [0, 0.1) is 0 Å². The van der Waals surface area contributed by atoms with E-state index in [2.05, 4.69) is 26.0 Å². The maximum absolute atomic E-state index is 13.3. The number of nitrogens with one attached hydrogen (secondary N) is 2. The minimum atomic E-state index is -3.94. The Kier molecular flexibility index (Phi) is 5.93. The van der Waals surface area contributed by atoms with Gasteiger partial charge in [0, 0.05) is 24.0 Å². The molecular weight excluding hydrogens is 470 g/mol. The van der Waals surface area contributed by atoms with E-state index in [1.807, 2.05) is 35.7 Å². The monoisotopic (exact) mass is 493 g/mol. The van der Waals surface area contributed by atoms with Crippen LogP contribution in [0.4, 0.5) is 17.3 Å².